The van der Waals surface area contributed by atoms with Crippen LogP contribution in [0.15, 0.2) is 40.9 Å². The average Bonchev–Trinajstić information content (AvgIpc) is 2.83. The van der Waals surface area contributed by atoms with Crippen LogP contribution in [0.2, 0.25) is 0 Å². The molecule has 0 bridgehead atoms. The molecule has 1 unspecified atom stereocenters. The Labute approximate surface area is 137 Å². The van der Waals surface area contributed by atoms with E-state index in [1.807, 2.05) is 0 Å². The van der Waals surface area contributed by atoms with Crippen LogP contribution >= 0.6 is 0 Å². The smallest absolute Gasteiger partial charge is 0.365 e. The summed E-state index contributed by atoms with van der Waals surface area (Å²) in [6, 6.07) is 5.42. The summed E-state index contributed by atoms with van der Waals surface area (Å²) < 4.78 is 66.4. The molecule has 1 heterocycles. The van der Waals surface area contributed by atoms with Gasteiger partial charge in [0.25, 0.3) is 15.7 Å². The number of halogens is 3. The zero-order chi connectivity index (χ0) is 17.8. The molecule has 0 aromatic heterocycles. The van der Waals surface area contributed by atoms with Crippen LogP contribution in [0.25, 0.3) is 0 Å². The van der Waals surface area contributed by atoms with Gasteiger partial charge in [-0.1, -0.05) is 28.2 Å². The number of aryl methyl sites for hydroxylation is 1. The number of sulfonamides is 1. The molecule has 0 amide bonds. The maximum Gasteiger partial charge on any atom is 0.434 e. The quantitative estimate of drug-likeness (QED) is 0.848. The monoisotopic (exact) mass is 362 g/mol. The number of nitrogens with one attached hydrogen (secondary N) is 1. The van der Waals surface area contributed by atoms with Crippen molar-refractivity contribution < 1.29 is 26.7 Å². The molecule has 0 radical (unpaired) electrons. The van der Waals surface area contributed by atoms with E-state index in [2.05, 4.69) is 5.43 Å². The largest absolute Gasteiger partial charge is 0.434 e. The number of rotatable bonds is 2. The third kappa shape index (κ3) is 2.42. The first kappa shape index (κ1) is 17.2. The molecule has 1 aromatic carbocycles. The van der Waals surface area contributed by atoms with Crippen molar-refractivity contribution >= 4 is 10.0 Å². The van der Waals surface area contributed by atoms with Gasteiger partial charge in [-0.05, 0) is 38.3 Å². The predicted molar refractivity (Wildman–Crippen MR) is 79.8 cm³/mol. The highest BCUT2D eigenvalue weighted by Crippen LogP contribution is 2.50. The molecule has 0 spiro atoms. The molecule has 3 rings (SSSR count). The van der Waals surface area contributed by atoms with Gasteiger partial charge in [0.05, 0.1) is 10.8 Å². The second-order valence-corrected chi connectivity index (χ2v) is 7.85. The van der Waals surface area contributed by atoms with Crippen molar-refractivity contribution in [1.29, 1.82) is 0 Å². The Morgan fingerprint density at radius 3 is 2.50 bits per heavy atom. The normalized spacial score (nSPS) is 28.2. The molecule has 2 aliphatic rings. The highest BCUT2D eigenvalue weighted by molar-refractivity contribution is 7.89. The van der Waals surface area contributed by atoms with E-state index < -0.39 is 27.8 Å². The fraction of sp³-hybridized carbons (Fsp3) is 0.467. The zero-order valence-corrected chi connectivity index (χ0v) is 13.7. The topological polar surface area (TPSA) is 69.6 Å². The third-order valence-corrected chi connectivity index (χ3v) is 6.16. The third-order valence-electron chi connectivity index (χ3n) is 4.44. The second kappa shape index (κ2) is 5.47. The average molecular weight is 362 g/mol. The summed E-state index contributed by atoms with van der Waals surface area (Å²) in [7, 11) is -4.59. The van der Waals surface area contributed by atoms with Crippen LogP contribution in [-0.2, 0) is 10.0 Å². The Kier molecular flexibility index (Phi) is 3.93. The Morgan fingerprint density at radius 1 is 1.29 bits per heavy atom. The summed E-state index contributed by atoms with van der Waals surface area (Å²) in [5.74, 6) is -1.36. The van der Waals surface area contributed by atoms with Crippen molar-refractivity contribution in [3.8, 4) is 0 Å². The molecular formula is C15H17F3N2O3S. The molecule has 1 aliphatic heterocycles. The second-order valence-electron chi connectivity index (χ2n) is 6.06. The van der Waals surface area contributed by atoms with Crippen LogP contribution in [-0.4, -0.2) is 29.8 Å². The summed E-state index contributed by atoms with van der Waals surface area (Å²) in [5.41, 5.74) is -0.368. The summed E-state index contributed by atoms with van der Waals surface area (Å²) in [6.07, 6.45) is -2.60. The minimum absolute atomic E-state index is 0.0352. The minimum atomic E-state index is -5.14. The van der Waals surface area contributed by atoms with Gasteiger partial charge in [0, 0.05) is 5.70 Å². The Hall–Kier alpha value is -1.58. The standard InChI is InChI=1S/C15H17F3N2O3S/c1-10-6-8-11(9-7-10)24(22,23)20-14(21,15(16,17)18)12-4-2-3-5-13(12)19-20/h5-9,12,19,21H,2-4H2,1H3/t12?,14-/m0/s1. The molecular weight excluding hydrogens is 345 g/mol. The summed E-state index contributed by atoms with van der Waals surface area (Å²) in [6.45, 7) is 1.73. The lowest BCUT2D eigenvalue weighted by Gasteiger charge is -2.36. The molecule has 132 valence electrons. The predicted octanol–water partition coefficient (Wildman–Crippen LogP) is 2.44. The van der Waals surface area contributed by atoms with Gasteiger partial charge in [-0.3, -0.25) is 0 Å². The van der Waals surface area contributed by atoms with Crippen LogP contribution in [0.4, 0.5) is 13.2 Å². The van der Waals surface area contributed by atoms with E-state index >= 15 is 0 Å². The minimum Gasteiger partial charge on any atom is -0.365 e. The fourth-order valence-corrected chi connectivity index (χ4v) is 4.65. The highest BCUT2D eigenvalue weighted by atomic mass is 32.2. The maximum absolute atomic E-state index is 13.7. The molecule has 1 aliphatic carbocycles. The van der Waals surface area contributed by atoms with Crippen molar-refractivity contribution in [2.75, 3.05) is 0 Å². The van der Waals surface area contributed by atoms with Gasteiger partial charge < -0.3 is 10.5 Å². The SMILES string of the molecule is Cc1ccc(S(=O)(=O)N2NC3=CCCCC3[C@]2(O)C(F)(F)F)cc1. The number of allylic oxidation sites excluding steroid dienone is 1. The number of hydrazine groups is 1. The van der Waals surface area contributed by atoms with E-state index in [0.29, 0.717) is 12.8 Å². The van der Waals surface area contributed by atoms with Gasteiger partial charge >= 0.3 is 6.18 Å². The van der Waals surface area contributed by atoms with Gasteiger partial charge in [-0.2, -0.15) is 13.2 Å². The zero-order valence-electron chi connectivity index (χ0n) is 12.8. The van der Waals surface area contributed by atoms with Gasteiger partial charge in [0.15, 0.2) is 0 Å². The van der Waals surface area contributed by atoms with Crippen LogP contribution < -0.4 is 5.43 Å². The lowest BCUT2D eigenvalue weighted by Crippen LogP contribution is -2.62. The number of aliphatic hydroxyl groups is 1. The summed E-state index contributed by atoms with van der Waals surface area (Å²) in [4.78, 5) is -0.317. The van der Waals surface area contributed by atoms with Gasteiger partial charge in [0.1, 0.15) is 0 Å². The number of hydrogen-bond donors (Lipinski definition) is 2. The van der Waals surface area contributed by atoms with E-state index in [4.69, 9.17) is 0 Å². The Balaban J connectivity index is 2.13. The number of benzene rings is 1. The summed E-state index contributed by atoms with van der Waals surface area (Å²) in [5, 5.41) is 10.5. The van der Waals surface area contributed by atoms with Crippen LogP contribution in [0.1, 0.15) is 24.8 Å². The maximum atomic E-state index is 13.7. The van der Waals surface area contributed by atoms with Crippen molar-refractivity contribution in [2.45, 2.75) is 43.0 Å². The Bertz CT molecular complexity index is 774. The van der Waals surface area contributed by atoms with Crippen molar-refractivity contribution in [1.82, 2.24) is 9.84 Å². The lowest BCUT2D eigenvalue weighted by atomic mass is 9.85. The summed E-state index contributed by atoms with van der Waals surface area (Å²) >= 11 is 0. The molecule has 1 saturated heterocycles. The number of nitrogens with zero attached hydrogens (tertiary/aromatic N) is 1. The van der Waals surface area contributed by atoms with E-state index in [1.165, 1.54) is 30.3 Å². The molecule has 0 saturated carbocycles. The molecule has 2 N–H and O–H groups in total. The number of hydrogen-bond acceptors (Lipinski definition) is 4. The van der Waals surface area contributed by atoms with E-state index in [9.17, 15) is 26.7 Å². The van der Waals surface area contributed by atoms with E-state index in [-0.39, 0.29) is 21.4 Å². The lowest BCUT2D eigenvalue weighted by molar-refractivity contribution is -0.307. The highest BCUT2D eigenvalue weighted by Gasteiger charge is 2.70. The molecule has 1 aromatic rings. The number of alkyl halides is 3. The van der Waals surface area contributed by atoms with Crippen molar-refractivity contribution in [3.63, 3.8) is 0 Å². The van der Waals surface area contributed by atoms with Crippen molar-refractivity contribution in [3.05, 3.63) is 41.6 Å². The first-order valence-corrected chi connectivity index (χ1v) is 8.90. The van der Waals surface area contributed by atoms with Gasteiger partial charge in [-0.15, -0.1) is 0 Å². The Morgan fingerprint density at radius 2 is 1.92 bits per heavy atom. The molecule has 2 atom stereocenters. The van der Waals surface area contributed by atoms with Gasteiger partial charge in [-0.25, -0.2) is 8.42 Å². The van der Waals surface area contributed by atoms with Gasteiger partial charge in [0.2, 0.25) is 0 Å². The van der Waals surface area contributed by atoms with Crippen molar-refractivity contribution in [2.24, 2.45) is 5.92 Å². The fourth-order valence-electron chi connectivity index (χ4n) is 3.13. The molecule has 5 nitrogen and oxygen atoms in total. The van der Waals surface area contributed by atoms with Crippen LogP contribution in [0, 0.1) is 12.8 Å². The van der Waals surface area contributed by atoms with E-state index in [1.54, 1.807) is 6.92 Å². The molecule has 24 heavy (non-hydrogen) atoms. The van der Waals surface area contributed by atoms with Crippen LogP contribution in [0.5, 0.6) is 0 Å². The molecule has 1 fully saturated rings. The van der Waals surface area contributed by atoms with Crippen LogP contribution in [0.3, 0.4) is 0 Å². The first-order valence-electron chi connectivity index (χ1n) is 7.46. The first-order chi connectivity index (χ1) is 11.1. The molecule has 9 heteroatoms. The van der Waals surface area contributed by atoms with E-state index in [0.717, 1.165) is 5.56 Å². The number of fused-ring (bicyclic) bond motifs is 1.